The van der Waals surface area contributed by atoms with Crippen LogP contribution < -0.4 is 21.3 Å². The van der Waals surface area contributed by atoms with Crippen LogP contribution in [-0.4, -0.2) is 76.9 Å². The Kier molecular flexibility index (Phi) is 8.10. The number of benzene rings is 2. The van der Waals surface area contributed by atoms with E-state index in [1.807, 2.05) is 42.5 Å². The number of hydrogen-bond acceptors (Lipinski definition) is 8. The van der Waals surface area contributed by atoms with Gasteiger partial charge < -0.3 is 21.3 Å². The lowest BCUT2D eigenvalue weighted by Crippen LogP contribution is -2.52. The normalized spacial score (nSPS) is 22.7. The van der Waals surface area contributed by atoms with Gasteiger partial charge in [-0.1, -0.05) is 24.3 Å². The fourth-order valence-corrected chi connectivity index (χ4v) is 4.74. The van der Waals surface area contributed by atoms with Crippen molar-refractivity contribution in [1.29, 1.82) is 0 Å². The lowest BCUT2D eigenvalue weighted by Gasteiger charge is -2.34. The van der Waals surface area contributed by atoms with E-state index in [9.17, 15) is 9.59 Å². The maximum Gasteiger partial charge on any atom is 0.242 e. The van der Waals surface area contributed by atoms with E-state index in [1.54, 1.807) is 6.92 Å². The van der Waals surface area contributed by atoms with Gasteiger partial charge in [0.1, 0.15) is 24.0 Å². The molecule has 1 atom stereocenters. The van der Waals surface area contributed by atoms with E-state index in [0.29, 0.717) is 31.1 Å². The van der Waals surface area contributed by atoms with E-state index in [4.69, 9.17) is 0 Å². The molecule has 3 aliphatic heterocycles. The van der Waals surface area contributed by atoms with E-state index in [-0.39, 0.29) is 11.8 Å². The number of piperazine rings is 1. The highest BCUT2D eigenvalue weighted by molar-refractivity contribution is 5.88. The summed E-state index contributed by atoms with van der Waals surface area (Å²) in [5.41, 5.74) is 4.15. The molecule has 0 radical (unpaired) electrons. The highest BCUT2D eigenvalue weighted by Crippen LogP contribution is 2.21. The van der Waals surface area contributed by atoms with Crippen LogP contribution in [0, 0.1) is 0 Å². The molecule has 6 rings (SSSR count). The number of hydrogen-bond donors (Lipinski definition) is 4. The zero-order valence-corrected chi connectivity index (χ0v) is 21.6. The number of anilines is 4. The summed E-state index contributed by atoms with van der Waals surface area (Å²) in [4.78, 5) is 38.4. The van der Waals surface area contributed by atoms with Gasteiger partial charge in [-0.05, 0) is 48.7 Å². The van der Waals surface area contributed by atoms with Crippen LogP contribution in [-0.2, 0) is 22.6 Å². The highest BCUT2D eigenvalue weighted by atomic mass is 16.2. The van der Waals surface area contributed by atoms with Crippen molar-refractivity contribution in [3.8, 4) is 0 Å². The first-order chi connectivity index (χ1) is 18.5. The fraction of sp³-hybridized carbons (Fsp3) is 0.357. The third-order valence-corrected chi connectivity index (χ3v) is 6.79. The molecule has 4 heterocycles. The first-order valence-corrected chi connectivity index (χ1v) is 13.1. The van der Waals surface area contributed by atoms with Crippen molar-refractivity contribution >= 4 is 34.8 Å². The van der Waals surface area contributed by atoms with E-state index < -0.39 is 6.04 Å². The lowest BCUT2D eigenvalue weighted by molar-refractivity contribution is -0.129. The predicted octanol–water partition coefficient (Wildman–Crippen LogP) is 2.26. The molecule has 0 spiro atoms. The number of carbonyl (C=O) groups is 2. The molecule has 0 aliphatic carbocycles. The van der Waals surface area contributed by atoms with Crippen molar-refractivity contribution in [2.24, 2.45) is 0 Å². The SMILES string of the molecule is CC1NC(=O)CN2CCN(CC2)Cc2cccc(c2)Nc2cc(ncn2)Nc2cccc(c2)CCNC1=O. The van der Waals surface area contributed by atoms with E-state index in [0.717, 1.165) is 49.7 Å². The van der Waals surface area contributed by atoms with Gasteiger partial charge in [0.05, 0.1) is 6.54 Å². The summed E-state index contributed by atoms with van der Waals surface area (Å²) in [5, 5.41) is 12.5. The van der Waals surface area contributed by atoms with Gasteiger partial charge in [0, 0.05) is 56.7 Å². The molecule has 3 aromatic rings. The van der Waals surface area contributed by atoms with Crippen LogP contribution in [0.2, 0.25) is 0 Å². The second-order valence-electron chi connectivity index (χ2n) is 9.82. The zero-order chi connectivity index (χ0) is 26.3. The standard InChI is InChI=1S/C28H34N8O2/c1-20-28(38)29-9-8-21-4-2-6-23(14-21)33-25-16-26(31-19-30-25)34-24-7-3-5-22(15-24)17-35-10-12-36(13-11-35)18-27(37)32-20/h2-7,14-16,19-20H,8-13,17-18H2,1H3,(H,29,38)(H,32,37)(H2,30,31,33,34). The van der Waals surface area contributed by atoms with Crippen molar-refractivity contribution in [3.63, 3.8) is 0 Å². The van der Waals surface area contributed by atoms with Crippen molar-refractivity contribution in [2.45, 2.75) is 25.9 Å². The van der Waals surface area contributed by atoms with Gasteiger partial charge >= 0.3 is 0 Å². The molecular formula is C28H34N8O2. The number of nitrogens with one attached hydrogen (secondary N) is 4. The Bertz CT molecular complexity index is 1270. The first kappa shape index (κ1) is 25.6. The van der Waals surface area contributed by atoms with Crippen LogP contribution in [0.3, 0.4) is 0 Å². The summed E-state index contributed by atoms with van der Waals surface area (Å²) in [6.45, 7) is 6.70. The minimum absolute atomic E-state index is 0.126. The quantitative estimate of drug-likeness (QED) is 0.361. The summed E-state index contributed by atoms with van der Waals surface area (Å²) in [5.74, 6) is 1.07. The average Bonchev–Trinajstić information content (AvgIpc) is 2.90. The molecule has 1 unspecified atom stereocenters. The van der Waals surface area contributed by atoms with Crippen LogP contribution in [0.5, 0.6) is 0 Å². The maximum absolute atomic E-state index is 12.6. The Balaban J connectivity index is 1.34. The average molecular weight is 515 g/mol. The van der Waals surface area contributed by atoms with Gasteiger partial charge in [0.2, 0.25) is 11.8 Å². The number of rotatable bonds is 0. The molecule has 0 saturated carbocycles. The van der Waals surface area contributed by atoms with Gasteiger partial charge in [-0.2, -0.15) is 0 Å². The minimum atomic E-state index is -0.588. The Labute approximate surface area is 222 Å². The Morgan fingerprint density at radius 1 is 0.789 bits per heavy atom. The van der Waals surface area contributed by atoms with E-state index in [2.05, 4.69) is 53.2 Å². The van der Waals surface area contributed by atoms with Crippen LogP contribution in [0.1, 0.15) is 18.1 Å². The summed E-state index contributed by atoms with van der Waals surface area (Å²) in [7, 11) is 0. The molecule has 198 valence electrons. The molecule has 38 heavy (non-hydrogen) atoms. The summed E-state index contributed by atoms with van der Waals surface area (Å²) in [6.07, 6.45) is 2.20. The number of carbonyl (C=O) groups excluding carboxylic acids is 2. The molecule has 10 nitrogen and oxygen atoms in total. The van der Waals surface area contributed by atoms with E-state index in [1.165, 1.54) is 11.9 Å². The zero-order valence-electron chi connectivity index (χ0n) is 21.6. The second-order valence-corrected chi connectivity index (χ2v) is 9.82. The molecule has 1 fully saturated rings. The molecule has 4 N–H and O–H groups in total. The topological polar surface area (TPSA) is 115 Å². The summed E-state index contributed by atoms with van der Waals surface area (Å²) >= 11 is 0. The molecule has 3 aliphatic rings. The molecule has 10 heteroatoms. The highest BCUT2D eigenvalue weighted by Gasteiger charge is 2.21. The van der Waals surface area contributed by atoms with Crippen molar-refractivity contribution < 1.29 is 9.59 Å². The number of aromatic nitrogens is 2. The number of amides is 2. The molecule has 1 saturated heterocycles. The molecule has 2 amide bonds. The van der Waals surface area contributed by atoms with Crippen LogP contribution in [0.4, 0.5) is 23.0 Å². The van der Waals surface area contributed by atoms with Gasteiger partial charge in [-0.25, -0.2) is 9.97 Å². The van der Waals surface area contributed by atoms with Gasteiger partial charge in [0.15, 0.2) is 0 Å². The van der Waals surface area contributed by atoms with Gasteiger partial charge in [-0.15, -0.1) is 0 Å². The largest absolute Gasteiger partial charge is 0.354 e. The van der Waals surface area contributed by atoms with E-state index >= 15 is 0 Å². The Morgan fingerprint density at radius 2 is 1.39 bits per heavy atom. The van der Waals surface area contributed by atoms with Crippen LogP contribution >= 0.6 is 0 Å². The van der Waals surface area contributed by atoms with Crippen LogP contribution in [0.25, 0.3) is 0 Å². The summed E-state index contributed by atoms with van der Waals surface area (Å²) < 4.78 is 0. The smallest absolute Gasteiger partial charge is 0.242 e. The second kappa shape index (κ2) is 12.0. The summed E-state index contributed by atoms with van der Waals surface area (Å²) in [6, 6.07) is 17.6. The predicted molar refractivity (Wildman–Crippen MR) is 148 cm³/mol. The van der Waals surface area contributed by atoms with Gasteiger partial charge in [-0.3, -0.25) is 19.4 Å². The third kappa shape index (κ3) is 7.05. The molecular weight excluding hydrogens is 480 g/mol. The van der Waals surface area contributed by atoms with Crippen molar-refractivity contribution in [3.05, 3.63) is 72.1 Å². The third-order valence-electron chi connectivity index (χ3n) is 6.79. The number of nitrogens with zero attached hydrogens (tertiary/aromatic N) is 4. The van der Waals surface area contributed by atoms with Gasteiger partial charge in [0.25, 0.3) is 0 Å². The number of fused-ring (bicyclic) bond motifs is 9. The van der Waals surface area contributed by atoms with Crippen molar-refractivity contribution in [2.75, 3.05) is 49.9 Å². The Hall–Kier alpha value is -4.02. The molecule has 8 bridgehead atoms. The molecule has 2 aromatic carbocycles. The monoisotopic (exact) mass is 514 g/mol. The fourth-order valence-electron chi connectivity index (χ4n) is 4.74. The van der Waals surface area contributed by atoms with Crippen molar-refractivity contribution in [1.82, 2.24) is 30.4 Å². The van der Waals surface area contributed by atoms with Crippen LogP contribution in [0.15, 0.2) is 60.9 Å². The minimum Gasteiger partial charge on any atom is -0.354 e. The first-order valence-electron chi connectivity index (χ1n) is 13.1. The molecule has 1 aromatic heterocycles. The maximum atomic E-state index is 12.6. The lowest BCUT2D eigenvalue weighted by atomic mass is 10.1. The Morgan fingerprint density at radius 3 is 2.08 bits per heavy atom.